The van der Waals surface area contributed by atoms with Crippen LogP contribution in [-0.4, -0.2) is 18.1 Å². The van der Waals surface area contributed by atoms with Gasteiger partial charge in [-0.05, 0) is 28.7 Å². The molecule has 1 aromatic rings. The number of carbonyl (C=O) groups excluding carboxylic acids is 1. The zero-order valence-electron chi connectivity index (χ0n) is 5.70. The maximum atomic E-state index is 10.8. The molecule has 0 amide bonds. The van der Waals surface area contributed by atoms with Gasteiger partial charge in [0.05, 0.1) is 7.11 Å². The molecule has 0 aliphatic rings. The predicted octanol–water partition coefficient (Wildman–Crippen LogP) is 1.41. The molecule has 0 radical (unpaired) electrons. The van der Waals surface area contributed by atoms with Gasteiger partial charge in [0, 0.05) is 47.5 Å². The molecule has 0 saturated carbocycles. The second-order valence-electron chi connectivity index (χ2n) is 1.72. The Labute approximate surface area is 108 Å². The fourth-order valence-electron chi connectivity index (χ4n) is 0.596. The quantitative estimate of drug-likeness (QED) is 0.628. The molecule has 0 aliphatic heterocycles. The third-order valence-electron chi connectivity index (χ3n) is 1.05. The number of esters is 1. The van der Waals surface area contributed by atoms with Crippen LogP contribution in [-0.2, 0) is 4.74 Å². The van der Waals surface area contributed by atoms with E-state index in [1.807, 2.05) is 0 Å². The van der Waals surface area contributed by atoms with Crippen molar-refractivity contribution >= 4 is 28.6 Å². The second-order valence-corrected chi connectivity index (χ2v) is 2.97. The van der Waals surface area contributed by atoms with Crippen LogP contribution in [0, 0.1) is 41.3 Å². The van der Waals surface area contributed by atoms with Crippen LogP contribution in [0.5, 0.6) is 0 Å². The van der Waals surface area contributed by atoms with E-state index in [1.165, 1.54) is 7.11 Å². The Bertz CT molecular complexity index is 248. The molecule has 0 aliphatic carbocycles. The molecule has 0 aromatic carbocycles. The second kappa shape index (κ2) is 5.40. The molecule has 5 heteroatoms. The van der Waals surface area contributed by atoms with Gasteiger partial charge in [-0.1, -0.05) is 0 Å². The van der Waals surface area contributed by atoms with Gasteiger partial charge in [0.2, 0.25) is 0 Å². The minimum Gasteiger partial charge on any atom is -0.464 e. The van der Waals surface area contributed by atoms with Crippen molar-refractivity contribution < 1.29 is 47.3 Å². The van der Waals surface area contributed by atoms with Crippen LogP contribution in [0.25, 0.3) is 0 Å². The molecule has 0 fully saturated rings. The van der Waals surface area contributed by atoms with Crippen LogP contribution in [0.1, 0.15) is 10.5 Å². The maximum absolute atomic E-state index is 10.8. The van der Waals surface area contributed by atoms with Gasteiger partial charge in [-0.2, -0.15) is 0 Å². The van der Waals surface area contributed by atoms with E-state index in [0.717, 1.165) is 3.57 Å². The predicted molar refractivity (Wildman–Crippen MR) is 44.8 cm³/mol. The number of carbonyl (C=O) groups is 1. The summed E-state index contributed by atoms with van der Waals surface area (Å²) in [5.74, 6) is -0.331. The van der Waals surface area contributed by atoms with Crippen molar-refractivity contribution in [3.05, 3.63) is 21.5 Å². The van der Waals surface area contributed by atoms with E-state index in [0.29, 0.717) is 5.69 Å². The largest absolute Gasteiger partial charge is 0.464 e. The summed E-state index contributed by atoms with van der Waals surface area (Å²) in [5.41, 5.74) is 0.493. The third-order valence-corrected chi connectivity index (χ3v) is 1.68. The van der Waals surface area contributed by atoms with E-state index in [-0.39, 0.29) is 43.7 Å². The van der Waals surface area contributed by atoms with E-state index < -0.39 is 0 Å². The van der Waals surface area contributed by atoms with Gasteiger partial charge in [-0.25, -0.2) is 4.79 Å². The monoisotopic (exact) mass is 291 g/mol. The van der Waals surface area contributed by atoms with Gasteiger partial charge in [0.15, 0.2) is 0 Å². The first kappa shape index (κ1) is 11.7. The first-order valence-corrected chi connectivity index (χ1v) is 3.74. The Hall–Kier alpha value is 0.740. The molecule has 1 aromatic heterocycles. The van der Waals surface area contributed by atoms with Crippen LogP contribution in [0.4, 0.5) is 0 Å². The molecule has 1 N–H and O–H groups in total. The van der Waals surface area contributed by atoms with E-state index in [2.05, 4.69) is 32.3 Å². The van der Waals surface area contributed by atoms with Gasteiger partial charge in [-0.15, -0.1) is 0 Å². The first-order chi connectivity index (χ1) is 4.74. The summed E-state index contributed by atoms with van der Waals surface area (Å²) in [4.78, 5) is 13.5. The minimum atomic E-state index is -0.331. The van der Waals surface area contributed by atoms with E-state index in [4.69, 9.17) is 0 Å². The van der Waals surface area contributed by atoms with Gasteiger partial charge in [0.1, 0.15) is 5.69 Å². The number of methoxy groups -OCH3 is 1. The summed E-state index contributed by atoms with van der Waals surface area (Å²) < 4.78 is 5.47. The zero-order valence-corrected chi connectivity index (χ0v) is 8.57. The minimum absolute atomic E-state index is 0. The molecule has 3 nitrogen and oxygen atoms in total. The van der Waals surface area contributed by atoms with Gasteiger partial charge < -0.3 is 9.72 Å². The number of rotatable bonds is 1. The number of halogens is 1. The number of H-pyrrole nitrogens is 1. The Morgan fingerprint density at radius 2 is 2.36 bits per heavy atom. The normalized spacial score (nSPS) is 8.55. The molecule has 0 saturated heterocycles. The van der Waals surface area contributed by atoms with Crippen molar-refractivity contribution in [3.63, 3.8) is 0 Å². The molecule has 0 bridgehead atoms. The van der Waals surface area contributed by atoms with Gasteiger partial charge in [-0.3, -0.25) is 0 Å². The van der Waals surface area contributed by atoms with Crippen molar-refractivity contribution in [2.75, 3.05) is 7.11 Å². The first-order valence-electron chi connectivity index (χ1n) is 2.66. The average Bonchev–Trinajstić information content (AvgIpc) is 2.34. The molecule has 0 unspecified atom stereocenters. The number of hydrogen-bond donors (Lipinski definition) is 1. The van der Waals surface area contributed by atoms with Crippen LogP contribution < -0.4 is 0 Å². The molecule has 0 spiro atoms. The Morgan fingerprint density at radius 3 is 2.73 bits per heavy atom. The van der Waals surface area contributed by atoms with E-state index >= 15 is 0 Å². The fraction of sp³-hybridized carbons (Fsp3) is 0.167. The Morgan fingerprint density at radius 1 is 1.73 bits per heavy atom. The SMILES string of the molecule is COC(=O)c1cc(I)c[nH]1.[Ar]. The standard InChI is InChI=1S/C6H6INO2.Ar/c1-10-6(9)5-2-4(7)3-8-5;/h2-3,8H,1H3;. The van der Waals surface area contributed by atoms with E-state index in [1.54, 1.807) is 12.3 Å². The van der Waals surface area contributed by atoms with E-state index in [9.17, 15) is 4.79 Å². The Kier molecular flexibility index (Phi) is 5.76. The average molecular weight is 291 g/mol. The number of aromatic amines is 1. The Balaban J connectivity index is 0.000001000. The summed E-state index contributed by atoms with van der Waals surface area (Å²) in [6.45, 7) is 0. The molecule has 11 heavy (non-hydrogen) atoms. The molecule has 62 valence electrons. The van der Waals surface area contributed by atoms with Crippen LogP contribution in [0.3, 0.4) is 0 Å². The summed E-state index contributed by atoms with van der Waals surface area (Å²) in [5, 5.41) is 0. The van der Waals surface area contributed by atoms with Gasteiger partial charge in [0.25, 0.3) is 0 Å². The zero-order chi connectivity index (χ0) is 7.56. The van der Waals surface area contributed by atoms with Crippen molar-refractivity contribution in [2.45, 2.75) is 0 Å². The van der Waals surface area contributed by atoms with Crippen molar-refractivity contribution in [1.82, 2.24) is 4.98 Å². The fourth-order valence-corrected chi connectivity index (χ4v) is 1.06. The maximum Gasteiger partial charge on any atom is 0.354 e. The topological polar surface area (TPSA) is 42.1 Å². The van der Waals surface area contributed by atoms with Crippen LogP contribution in [0.2, 0.25) is 0 Å². The summed E-state index contributed by atoms with van der Waals surface area (Å²) in [7, 11) is 1.36. The van der Waals surface area contributed by atoms with Crippen LogP contribution in [0.15, 0.2) is 12.3 Å². The molecule has 1 heterocycles. The smallest absolute Gasteiger partial charge is 0.354 e. The van der Waals surface area contributed by atoms with Gasteiger partial charge >= 0.3 is 5.97 Å². The number of ether oxygens (including phenoxy) is 1. The summed E-state index contributed by atoms with van der Waals surface area (Å²) in [6.07, 6.45) is 1.74. The van der Waals surface area contributed by atoms with Crippen molar-refractivity contribution in [2.24, 2.45) is 0 Å². The number of hydrogen-bond acceptors (Lipinski definition) is 2. The summed E-state index contributed by atoms with van der Waals surface area (Å²) in [6, 6.07) is 1.73. The third kappa shape index (κ3) is 3.31. The molecule has 0 atom stereocenters. The molecular weight excluding hydrogens is 285 g/mol. The number of nitrogens with one attached hydrogen (secondary N) is 1. The van der Waals surface area contributed by atoms with Crippen molar-refractivity contribution in [1.29, 1.82) is 0 Å². The van der Waals surface area contributed by atoms with Crippen molar-refractivity contribution in [3.8, 4) is 0 Å². The summed E-state index contributed by atoms with van der Waals surface area (Å²) >= 11 is 2.11. The molecular formula is C6H6ArINO2. The van der Waals surface area contributed by atoms with Crippen LogP contribution >= 0.6 is 22.6 Å². The number of aromatic nitrogens is 1. The molecule has 1 rings (SSSR count).